The summed E-state index contributed by atoms with van der Waals surface area (Å²) in [6, 6.07) is 10.7. The van der Waals surface area contributed by atoms with E-state index >= 15 is 0 Å². The number of ketones is 1. The van der Waals surface area contributed by atoms with Crippen molar-refractivity contribution in [3.8, 4) is 5.75 Å². The second-order valence-electron chi connectivity index (χ2n) is 4.80. The summed E-state index contributed by atoms with van der Waals surface area (Å²) in [5.41, 5.74) is 0.664. The Morgan fingerprint density at radius 3 is 2.43 bits per heavy atom. The molecule has 0 N–H and O–H groups in total. The number of esters is 1. The van der Waals surface area contributed by atoms with Crippen molar-refractivity contribution in [3.05, 3.63) is 42.0 Å². The monoisotopic (exact) mass is 286 g/mol. The highest BCUT2D eigenvalue weighted by Crippen LogP contribution is 2.22. The van der Waals surface area contributed by atoms with E-state index in [0.29, 0.717) is 17.9 Å². The molecule has 0 aliphatic heterocycles. The van der Waals surface area contributed by atoms with Crippen LogP contribution < -0.4 is 4.74 Å². The molecule has 21 heavy (non-hydrogen) atoms. The maximum Gasteiger partial charge on any atom is 0.340 e. The standard InChI is InChI=1S/C17H18O4/c1-4-20-12(3)17(19)21-16-8-7-14-9-13(11(2)18)5-6-15(14)10-16/h5-10,12H,4H2,1-3H3. The first-order valence-corrected chi connectivity index (χ1v) is 6.89. The molecule has 0 amide bonds. The Labute approximate surface area is 123 Å². The van der Waals surface area contributed by atoms with Gasteiger partial charge < -0.3 is 9.47 Å². The average molecular weight is 286 g/mol. The molecule has 0 fully saturated rings. The van der Waals surface area contributed by atoms with E-state index in [1.807, 2.05) is 25.1 Å². The summed E-state index contributed by atoms with van der Waals surface area (Å²) >= 11 is 0. The van der Waals surface area contributed by atoms with Crippen molar-refractivity contribution >= 4 is 22.5 Å². The molecule has 2 aromatic rings. The molecule has 0 bridgehead atoms. The smallest absolute Gasteiger partial charge is 0.340 e. The molecule has 4 heteroatoms. The molecule has 2 rings (SSSR count). The van der Waals surface area contributed by atoms with Gasteiger partial charge in [-0.25, -0.2) is 4.79 Å². The van der Waals surface area contributed by atoms with E-state index in [9.17, 15) is 9.59 Å². The van der Waals surface area contributed by atoms with Gasteiger partial charge in [0.1, 0.15) is 5.75 Å². The number of carbonyl (C=O) groups excluding carboxylic acids is 2. The van der Waals surface area contributed by atoms with Crippen molar-refractivity contribution in [2.24, 2.45) is 0 Å². The lowest BCUT2D eigenvalue weighted by Gasteiger charge is -2.11. The van der Waals surface area contributed by atoms with E-state index in [2.05, 4.69) is 0 Å². The number of rotatable bonds is 5. The zero-order valence-electron chi connectivity index (χ0n) is 12.4. The number of benzene rings is 2. The minimum atomic E-state index is -0.592. The SMILES string of the molecule is CCOC(C)C(=O)Oc1ccc2cc(C(C)=O)ccc2c1. The third kappa shape index (κ3) is 3.67. The Morgan fingerprint density at radius 1 is 1.10 bits per heavy atom. The van der Waals surface area contributed by atoms with Crippen LogP contribution in [0.4, 0.5) is 0 Å². The third-order valence-electron chi connectivity index (χ3n) is 3.19. The molecule has 4 nitrogen and oxygen atoms in total. The molecule has 1 atom stereocenters. The van der Waals surface area contributed by atoms with Gasteiger partial charge in [0.15, 0.2) is 11.9 Å². The highest BCUT2D eigenvalue weighted by molar-refractivity contribution is 5.98. The van der Waals surface area contributed by atoms with Crippen molar-refractivity contribution < 1.29 is 19.1 Å². The molecule has 0 saturated carbocycles. The molecule has 0 spiro atoms. The van der Waals surface area contributed by atoms with E-state index in [-0.39, 0.29) is 5.78 Å². The van der Waals surface area contributed by atoms with Gasteiger partial charge in [-0.2, -0.15) is 0 Å². The number of fused-ring (bicyclic) bond motifs is 1. The summed E-state index contributed by atoms with van der Waals surface area (Å²) in [6.45, 7) is 5.48. The Balaban J connectivity index is 2.21. The van der Waals surface area contributed by atoms with Gasteiger partial charge in [-0.3, -0.25) is 4.79 Å². The van der Waals surface area contributed by atoms with Gasteiger partial charge >= 0.3 is 5.97 Å². The van der Waals surface area contributed by atoms with Crippen LogP contribution in [0.1, 0.15) is 31.1 Å². The molecule has 1 unspecified atom stereocenters. The van der Waals surface area contributed by atoms with Gasteiger partial charge in [0.2, 0.25) is 0 Å². The van der Waals surface area contributed by atoms with Crippen LogP contribution >= 0.6 is 0 Å². The third-order valence-corrected chi connectivity index (χ3v) is 3.19. The van der Waals surface area contributed by atoms with Crippen molar-refractivity contribution in [2.45, 2.75) is 26.9 Å². The van der Waals surface area contributed by atoms with Gasteiger partial charge in [0.25, 0.3) is 0 Å². The van der Waals surface area contributed by atoms with Gasteiger partial charge in [-0.15, -0.1) is 0 Å². The molecule has 2 aromatic carbocycles. The molecule has 0 aliphatic rings. The number of carbonyl (C=O) groups is 2. The van der Waals surface area contributed by atoms with Crippen LogP contribution in [0.3, 0.4) is 0 Å². The van der Waals surface area contributed by atoms with E-state index in [4.69, 9.17) is 9.47 Å². The summed E-state index contributed by atoms with van der Waals surface area (Å²) in [7, 11) is 0. The molecular weight excluding hydrogens is 268 g/mol. The highest BCUT2D eigenvalue weighted by Gasteiger charge is 2.15. The van der Waals surface area contributed by atoms with E-state index < -0.39 is 12.1 Å². The lowest BCUT2D eigenvalue weighted by Crippen LogP contribution is -2.25. The minimum Gasteiger partial charge on any atom is -0.425 e. The average Bonchev–Trinajstić information content (AvgIpc) is 2.46. The number of hydrogen-bond donors (Lipinski definition) is 0. The van der Waals surface area contributed by atoms with Crippen molar-refractivity contribution in [1.82, 2.24) is 0 Å². The Kier molecular flexibility index (Phi) is 4.70. The van der Waals surface area contributed by atoms with Gasteiger partial charge in [-0.1, -0.05) is 18.2 Å². The lowest BCUT2D eigenvalue weighted by atomic mass is 10.0. The lowest BCUT2D eigenvalue weighted by molar-refractivity contribution is -0.145. The van der Waals surface area contributed by atoms with Crippen molar-refractivity contribution in [1.29, 1.82) is 0 Å². The number of Topliss-reactive ketones (excluding diaryl/α,β-unsaturated/α-hetero) is 1. The van der Waals surface area contributed by atoms with Crippen LogP contribution in [0, 0.1) is 0 Å². The maximum absolute atomic E-state index is 11.8. The van der Waals surface area contributed by atoms with Crippen LogP contribution in [0.25, 0.3) is 10.8 Å². The highest BCUT2D eigenvalue weighted by atomic mass is 16.6. The van der Waals surface area contributed by atoms with Gasteiger partial charge in [0, 0.05) is 12.2 Å². The summed E-state index contributed by atoms with van der Waals surface area (Å²) < 4.78 is 10.5. The first-order chi connectivity index (χ1) is 10.0. The molecule has 0 saturated heterocycles. The fourth-order valence-electron chi connectivity index (χ4n) is 2.02. The molecular formula is C17H18O4. The van der Waals surface area contributed by atoms with Crippen molar-refractivity contribution in [3.63, 3.8) is 0 Å². The molecule has 0 aromatic heterocycles. The van der Waals surface area contributed by atoms with Crippen LogP contribution in [0.2, 0.25) is 0 Å². The molecule has 110 valence electrons. The van der Waals surface area contributed by atoms with E-state index in [1.165, 1.54) is 6.92 Å². The Bertz CT molecular complexity index is 676. The predicted octanol–water partition coefficient (Wildman–Crippen LogP) is 3.37. The second kappa shape index (κ2) is 6.50. The largest absolute Gasteiger partial charge is 0.425 e. The van der Waals surface area contributed by atoms with E-state index in [0.717, 1.165) is 10.8 Å². The number of ether oxygens (including phenoxy) is 2. The van der Waals surface area contributed by atoms with Crippen molar-refractivity contribution in [2.75, 3.05) is 6.61 Å². The van der Waals surface area contributed by atoms with Crippen LogP contribution in [-0.4, -0.2) is 24.5 Å². The summed E-state index contributed by atoms with van der Waals surface area (Å²) in [4.78, 5) is 23.1. The fourth-order valence-corrected chi connectivity index (χ4v) is 2.02. The van der Waals surface area contributed by atoms with Gasteiger partial charge in [0.05, 0.1) is 0 Å². The normalized spacial score (nSPS) is 12.1. The minimum absolute atomic E-state index is 0.0259. The molecule has 0 heterocycles. The molecule has 0 radical (unpaired) electrons. The first kappa shape index (κ1) is 15.2. The van der Waals surface area contributed by atoms with Crippen LogP contribution in [0.5, 0.6) is 5.75 Å². The van der Waals surface area contributed by atoms with Crippen LogP contribution in [-0.2, 0) is 9.53 Å². The maximum atomic E-state index is 11.8. The topological polar surface area (TPSA) is 52.6 Å². The zero-order valence-corrected chi connectivity index (χ0v) is 12.4. The molecule has 0 aliphatic carbocycles. The summed E-state index contributed by atoms with van der Waals surface area (Å²) in [6.07, 6.45) is -0.592. The summed E-state index contributed by atoms with van der Waals surface area (Å²) in [5, 5.41) is 1.84. The summed E-state index contributed by atoms with van der Waals surface area (Å²) in [5.74, 6) is 0.0733. The first-order valence-electron chi connectivity index (χ1n) is 6.89. The zero-order chi connectivity index (χ0) is 15.4. The van der Waals surface area contributed by atoms with E-state index in [1.54, 1.807) is 25.1 Å². The number of hydrogen-bond acceptors (Lipinski definition) is 4. The predicted molar refractivity (Wildman–Crippen MR) is 80.7 cm³/mol. The quantitative estimate of drug-likeness (QED) is 0.480. The Hall–Kier alpha value is -2.20. The van der Waals surface area contributed by atoms with Crippen LogP contribution in [0.15, 0.2) is 36.4 Å². The fraction of sp³-hybridized carbons (Fsp3) is 0.294. The second-order valence-corrected chi connectivity index (χ2v) is 4.80. The van der Waals surface area contributed by atoms with Gasteiger partial charge in [-0.05, 0) is 49.7 Å². The Morgan fingerprint density at radius 2 is 1.76 bits per heavy atom.